The van der Waals surface area contributed by atoms with Crippen molar-refractivity contribution in [2.24, 2.45) is 0 Å². The molecule has 0 bridgehead atoms. The van der Waals surface area contributed by atoms with Gasteiger partial charge in [0, 0.05) is 31.7 Å². The summed E-state index contributed by atoms with van der Waals surface area (Å²) < 4.78 is 5.76. The number of nitrogens with one attached hydrogen (secondary N) is 1. The summed E-state index contributed by atoms with van der Waals surface area (Å²) in [5.74, 6) is 1.97. The lowest BCUT2D eigenvalue weighted by Crippen LogP contribution is -2.55. The molecule has 2 amide bonds. The smallest absolute Gasteiger partial charge is 0.249 e. The molecule has 0 unspecified atom stereocenters. The van der Waals surface area contributed by atoms with Gasteiger partial charge in [-0.15, -0.1) is 0 Å². The van der Waals surface area contributed by atoms with E-state index in [9.17, 15) is 14.7 Å². The summed E-state index contributed by atoms with van der Waals surface area (Å²) >= 11 is 0. The number of fused-ring (bicyclic) bond motifs is 2. The van der Waals surface area contributed by atoms with E-state index in [4.69, 9.17) is 9.72 Å². The zero-order valence-electron chi connectivity index (χ0n) is 24.3. The molecular weight excluding hydrogens is 522 g/mol. The first-order valence-electron chi connectivity index (χ1n) is 15.0. The van der Waals surface area contributed by atoms with Crippen LogP contribution in [0.1, 0.15) is 57.4 Å². The second-order valence-electron chi connectivity index (χ2n) is 11.6. The van der Waals surface area contributed by atoms with Crippen molar-refractivity contribution in [3.63, 3.8) is 0 Å². The Morgan fingerprint density at radius 2 is 1.95 bits per heavy atom. The van der Waals surface area contributed by atoms with Crippen LogP contribution < -0.4 is 24.8 Å². The van der Waals surface area contributed by atoms with Crippen molar-refractivity contribution in [2.45, 2.75) is 76.4 Å². The standard InChI is InChI=1S/C30H41N7O4/c1-4-23-29(40)34(2)25-16-31-30(33-28(25)37(23)20-8-5-6-9-20)32-22-14-19-11-13-36(24(19)15-26(22)41-3)27(39)17-35-12-7-10-21(35)18-38/h14-16,20-21,23,38H,4-13,17-18H2,1-3H3,(H,31,32,33)/t21-,23+/m0/s1. The summed E-state index contributed by atoms with van der Waals surface area (Å²) in [5, 5.41) is 13.0. The number of aromatic nitrogens is 2. The van der Waals surface area contributed by atoms with Gasteiger partial charge >= 0.3 is 0 Å². The average Bonchev–Trinajstić information content (AvgIpc) is 3.75. The van der Waals surface area contributed by atoms with E-state index in [2.05, 4.69) is 27.0 Å². The van der Waals surface area contributed by atoms with Crippen LogP contribution in [0.2, 0.25) is 0 Å². The third-order valence-electron chi connectivity index (χ3n) is 9.30. The molecule has 4 aliphatic rings. The number of methoxy groups -OCH3 is 1. The molecule has 1 aliphatic carbocycles. The number of benzene rings is 1. The molecule has 11 nitrogen and oxygen atoms in total. The molecule has 1 saturated carbocycles. The average molecular weight is 564 g/mol. The maximum absolute atomic E-state index is 13.3. The Kier molecular flexibility index (Phi) is 7.74. The number of aliphatic hydroxyl groups is 1. The molecule has 2 fully saturated rings. The van der Waals surface area contributed by atoms with Crippen LogP contribution in [-0.4, -0.2) is 90.3 Å². The number of hydrogen-bond donors (Lipinski definition) is 2. The second-order valence-corrected chi connectivity index (χ2v) is 11.6. The third-order valence-corrected chi connectivity index (χ3v) is 9.30. The Labute approximate surface area is 241 Å². The molecule has 4 heterocycles. The van der Waals surface area contributed by atoms with Gasteiger partial charge in [0.1, 0.15) is 17.5 Å². The highest BCUT2D eigenvalue weighted by atomic mass is 16.5. The summed E-state index contributed by atoms with van der Waals surface area (Å²) in [5.41, 5.74) is 3.39. The molecule has 1 saturated heterocycles. The van der Waals surface area contributed by atoms with Gasteiger partial charge in [0.15, 0.2) is 5.82 Å². The van der Waals surface area contributed by atoms with Gasteiger partial charge in [-0.05, 0) is 56.7 Å². The lowest BCUT2D eigenvalue weighted by Gasteiger charge is -2.43. The molecule has 3 aliphatic heterocycles. The first-order chi connectivity index (χ1) is 19.9. The fraction of sp³-hybridized carbons (Fsp3) is 0.600. The van der Waals surface area contributed by atoms with Crippen LogP contribution in [0.15, 0.2) is 18.3 Å². The SMILES string of the molecule is CC[C@@H]1C(=O)N(C)c2cnc(Nc3cc4c(cc3OC)N(C(=O)CN3CCC[C@H]3CO)CC4)nc2N1C1CCCC1. The first kappa shape index (κ1) is 27.7. The fourth-order valence-electron chi connectivity index (χ4n) is 7.08. The summed E-state index contributed by atoms with van der Waals surface area (Å²) in [6, 6.07) is 4.07. The normalized spacial score (nSPS) is 22.8. The highest BCUT2D eigenvalue weighted by Gasteiger charge is 2.41. The summed E-state index contributed by atoms with van der Waals surface area (Å²) in [6.07, 6.45) is 9.59. The van der Waals surface area contributed by atoms with Gasteiger partial charge < -0.3 is 29.9 Å². The number of nitrogens with zero attached hydrogens (tertiary/aromatic N) is 6. The predicted octanol–water partition coefficient (Wildman–Crippen LogP) is 3.08. The van der Waals surface area contributed by atoms with Crippen molar-refractivity contribution in [1.82, 2.24) is 14.9 Å². The van der Waals surface area contributed by atoms with Crippen LogP contribution in [0, 0.1) is 0 Å². The molecule has 1 aromatic carbocycles. The molecule has 2 N–H and O–H groups in total. The Morgan fingerprint density at radius 1 is 1.15 bits per heavy atom. The topological polar surface area (TPSA) is 114 Å². The highest BCUT2D eigenvalue weighted by Crippen LogP contribution is 2.42. The zero-order chi connectivity index (χ0) is 28.7. The molecule has 2 atom stereocenters. The van der Waals surface area contributed by atoms with Gasteiger partial charge in [0.2, 0.25) is 17.8 Å². The quantitative estimate of drug-likeness (QED) is 0.500. The lowest BCUT2D eigenvalue weighted by atomic mass is 10.0. The van der Waals surface area contributed by atoms with Gasteiger partial charge in [-0.25, -0.2) is 4.98 Å². The van der Waals surface area contributed by atoms with Gasteiger partial charge in [-0.2, -0.15) is 4.98 Å². The van der Waals surface area contributed by atoms with Gasteiger partial charge in [-0.1, -0.05) is 19.8 Å². The molecule has 41 heavy (non-hydrogen) atoms. The number of rotatable bonds is 8. The number of ether oxygens (including phenoxy) is 1. The molecule has 0 spiro atoms. The third kappa shape index (κ3) is 4.99. The Hall–Kier alpha value is -3.44. The van der Waals surface area contributed by atoms with Crippen molar-refractivity contribution in [3.05, 3.63) is 23.9 Å². The van der Waals surface area contributed by atoms with Gasteiger partial charge in [-0.3, -0.25) is 14.5 Å². The van der Waals surface area contributed by atoms with Gasteiger partial charge in [0.25, 0.3) is 0 Å². The summed E-state index contributed by atoms with van der Waals surface area (Å²) in [4.78, 5) is 43.9. The van der Waals surface area contributed by atoms with E-state index < -0.39 is 0 Å². The minimum absolute atomic E-state index is 0.0426. The van der Waals surface area contributed by atoms with Crippen molar-refractivity contribution in [2.75, 3.05) is 60.4 Å². The minimum atomic E-state index is -0.232. The van der Waals surface area contributed by atoms with E-state index >= 15 is 0 Å². The molecule has 6 rings (SSSR count). The molecule has 2 aromatic rings. The number of amides is 2. The van der Waals surface area contributed by atoms with Crippen molar-refractivity contribution >= 4 is 40.6 Å². The van der Waals surface area contributed by atoms with E-state index in [-0.39, 0.29) is 30.5 Å². The van der Waals surface area contributed by atoms with Crippen LogP contribution in [0.4, 0.5) is 28.8 Å². The Bertz CT molecular complexity index is 1310. The minimum Gasteiger partial charge on any atom is -0.494 e. The maximum Gasteiger partial charge on any atom is 0.249 e. The molecule has 11 heteroatoms. The second kappa shape index (κ2) is 11.4. The number of likely N-dealkylation sites (tertiary alicyclic amines) is 1. The van der Waals surface area contributed by atoms with E-state index in [0.717, 1.165) is 73.5 Å². The molecular formula is C30H41N7O4. The Balaban J connectivity index is 1.26. The van der Waals surface area contributed by atoms with E-state index in [0.29, 0.717) is 30.8 Å². The largest absolute Gasteiger partial charge is 0.494 e. The monoisotopic (exact) mass is 563 g/mol. The molecule has 220 valence electrons. The molecule has 1 aromatic heterocycles. The molecule has 0 radical (unpaired) electrons. The van der Waals surface area contributed by atoms with E-state index in [1.54, 1.807) is 25.3 Å². The number of carbonyl (C=O) groups excluding carboxylic acids is 2. The first-order valence-corrected chi connectivity index (χ1v) is 15.0. The number of anilines is 5. The number of likely N-dealkylation sites (N-methyl/N-ethyl adjacent to an activating group) is 1. The van der Waals surface area contributed by atoms with Crippen molar-refractivity contribution < 1.29 is 19.4 Å². The zero-order valence-corrected chi connectivity index (χ0v) is 24.3. The highest BCUT2D eigenvalue weighted by molar-refractivity contribution is 6.04. The summed E-state index contributed by atoms with van der Waals surface area (Å²) in [7, 11) is 3.42. The van der Waals surface area contributed by atoms with E-state index in [1.165, 1.54) is 12.8 Å². The van der Waals surface area contributed by atoms with Crippen LogP contribution >= 0.6 is 0 Å². The number of carbonyl (C=O) groups is 2. The number of hydrogen-bond acceptors (Lipinski definition) is 9. The number of aliphatic hydroxyl groups excluding tert-OH is 1. The van der Waals surface area contributed by atoms with Crippen molar-refractivity contribution in [3.8, 4) is 5.75 Å². The van der Waals surface area contributed by atoms with Crippen LogP contribution in [0.3, 0.4) is 0 Å². The van der Waals surface area contributed by atoms with E-state index in [1.807, 2.05) is 17.0 Å². The van der Waals surface area contributed by atoms with Crippen molar-refractivity contribution in [1.29, 1.82) is 0 Å². The summed E-state index contributed by atoms with van der Waals surface area (Å²) in [6.45, 7) is 3.91. The van der Waals surface area contributed by atoms with Crippen LogP contribution in [-0.2, 0) is 16.0 Å². The maximum atomic E-state index is 13.3. The van der Waals surface area contributed by atoms with Crippen LogP contribution in [0.25, 0.3) is 0 Å². The lowest BCUT2D eigenvalue weighted by molar-refractivity contribution is -0.120. The van der Waals surface area contributed by atoms with Gasteiger partial charge in [0.05, 0.1) is 37.8 Å². The predicted molar refractivity (Wildman–Crippen MR) is 158 cm³/mol. The van der Waals surface area contributed by atoms with Crippen LogP contribution in [0.5, 0.6) is 5.75 Å². The Morgan fingerprint density at radius 3 is 2.68 bits per heavy atom. The fourth-order valence-corrected chi connectivity index (χ4v) is 7.08.